The van der Waals surface area contributed by atoms with Crippen LogP contribution in [-0.2, 0) is 0 Å². The van der Waals surface area contributed by atoms with Gasteiger partial charge in [0.25, 0.3) is 0 Å². The van der Waals surface area contributed by atoms with E-state index in [4.69, 9.17) is 0 Å². The van der Waals surface area contributed by atoms with Crippen LogP contribution in [0.1, 0.15) is 57.8 Å². The van der Waals surface area contributed by atoms with Gasteiger partial charge in [0.05, 0.1) is 0 Å². The summed E-state index contributed by atoms with van der Waals surface area (Å²) in [6.07, 6.45) is 13.0. The summed E-state index contributed by atoms with van der Waals surface area (Å²) < 4.78 is 0. The standard InChI is InChI=1S/C15H30N2/c1-17(13-10-15-8-5-11-16-15)12-9-14-6-3-2-4-7-14/h14-16H,2-13H2,1H3. The molecule has 1 atom stereocenters. The Morgan fingerprint density at radius 1 is 0.941 bits per heavy atom. The highest BCUT2D eigenvalue weighted by molar-refractivity contribution is 4.75. The third-order valence-electron chi connectivity index (χ3n) is 4.67. The minimum absolute atomic E-state index is 0.812. The van der Waals surface area contributed by atoms with Crippen LogP contribution in [0.25, 0.3) is 0 Å². The number of rotatable bonds is 6. The van der Waals surface area contributed by atoms with Crippen molar-refractivity contribution in [1.29, 1.82) is 0 Å². The monoisotopic (exact) mass is 238 g/mol. The van der Waals surface area contributed by atoms with Gasteiger partial charge < -0.3 is 10.2 Å². The first-order chi connectivity index (χ1) is 8.34. The van der Waals surface area contributed by atoms with Gasteiger partial charge in [0.15, 0.2) is 0 Å². The second-order valence-electron chi connectivity index (χ2n) is 6.18. The molecule has 0 aromatic rings. The molecule has 2 heteroatoms. The van der Waals surface area contributed by atoms with E-state index in [1.807, 2.05) is 0 Å². The lowest BCUT2D eigenvalue weighted by atomic mass is 9.87. The molecule has 0 amide bonds. The molecule has 100 valence electrons. The fourth-order valence-electron chi connectivity index (χ4n) is 3.37. The van der Waals surface area contributed by atoms with Gasteiger partial charge in [-0.2, -0.15) is 0 Å². The van der Waals surface area contributed by atoms with Gasteiger partial charge in [-0.25, -0.2) is 0 Å². The molecule has 1 saturated heterocycles. The second kappa shape index (κ2) is 7.38. The fourth-order valence-corrected chi connectivity index (χ4v) is 3.37. The van der Waals surface area contributed by atoms with E-state index in [9.17, 15) is 0 Å². The van der Waals surface area contributed by atoms with Crippen LogP contribution in [0.15, 0.2) is 0 Å². The molecule has 2 rings (SSSR count). The average molecular weight is 238 g/mol. The summed E-state index contributed by atoms with van der Waals surface area (Å²) >= 11 is 0. The minimum atomic E-state index is 0.812. The van der Waals surface area contributed by atoms with Crippen molar-refractivity contribution in [3.8, 4) is 0 Å². The van der Waals surface area contributed by atoms with Crippen molar-refractivity contribution >= 4 is 0 Å². The molecule has 1 N–H and O–H groups in total. The molecule has 0 aromatic carbocycles. The first-order valence-corrected chi connectivity index (χ1v) is 7.76. The lowest BCUT2D eigenvalue weighted by Crippen LogP contribution is -2.29. The highest BCUT2D eigenvalue weighted by Crippen LogP contribution is 2.26. The molecule has 0 spiro atoms. The molecule has 17 heavy (non-hydrogen) atoms. The summed E-state index contributed by atoms with van der Waals surface area (Å²) in [5.74, 6) is 1.04. The van der Waals surface area contributed by atoms with Gasteiger partial charge in [0.2, 0.25) is 0 Å². The highest BCUT2D eigenvalue weighted by Gasteiger charge is 2.16. The minimum Gasteiger partial charge on any atom is -0.314 e. The van der Waals surface area contributed by atoms with E-state index in [1.54, 1.807) is 0 Å². The molecule has 0 radical (unpaired) electrons. The fraction of sp³-hybridized carbons (Fsp3) is 1.00. The van der Waals surface area contributed by atoms with Crippen molar-refractivity contribution in [3.05, 3.63) is 0 Å². The molecular formula is C15H30N2. The van der Waals surface area contributed by atoms with Crippen LogP contribution < -0.4 is 5.32 Å². The summed E-state index contributed by atoms with van der Waals surface area (Å²) in [7, 11) is 2.30. The molecule has 2 aliphatic rings. The molecule has 2 fully saturated rings. The molecule has 2 nitrogen and oxygen atoms in total. The maximum absolute atomic E-state index is 3.59. The van der Waals surface area contributed by atoms with Crippen LogP contribution in [-0.4, -0.2) is 37.6 Å². The number of hydrogen-bond acceptors (Lipinski definition) is 2. The second-order valence-corrected chi connectivity index (χ2v) is 6.18. The summed E-state index contributed by atoms with van der Waals surface area (Å²) in [4.78, 5) is 2.55. The number of hydrogen-bond donors (Lipinski definition) is 1. The average Bonchev–Trinajstić information content (AvgIpc) is 2.88. The van der Waals surface area contributed by atoms with E-state index in [0.29, 0.717) is 0 Å². The number of nitrogens with zero attached hydrogens (tertiary/aromatic N) is 1. The Labute approximate surface area is 107 Å². The quantitative estimate of drug-likeness (QED) is 0.765. The normalized spacial score (nSPS) is 26.8. The molecule has 0 aromatic heterocycles. The van der Waals surface area contributed by atoms with Gasteiger partial charge in [-0.05, 0) is 58.3 Å². The van der Waals surface area contributed by atoms with Crippen molar-refractivity contribution in [2.45, 2.75) is 63.8 Å². The van der Waals surface area contributed by atoms with Crippen molar-refractivity contribution in [1.82, 2.24) is 10.2 Å². The van der Waals surface area contributed by atoms with Crippen LogP contribution in [0.2, 0.25) is 0 Å². The Morgan fingerprint density at radius 2 is 1.71 bits per heavy atom. The van der Waals surface area contributed by atoms with Crippen LogP contribution in [0.4, 0.5) is 0 Å². The zero-order chi connectivity index (χ0) is 11.9. The molecular weight excluding hydrogens is 208 g/mol. The van der Waals surface area contributed by atoms with Gasteiger partial charge in [-0.3, -0.25) is 0 Å². The Morgan fingerprint density at radius 3 is 2.41 bits per heavy atom. The Bertz CT molecular complexity index is 193. The highest BCUT2D eigenvalue weighted by atomic mass is 15.1. The smallest absolute Gasteiger partial charge is 0.00797 e. The molecule has 1 aliphatic heterocycles. The van der Waals surface area contributed by atoms with Crippen molar-refractivity contribution in [3.63, 3.8) is 0 Å². The summed E-state index contributed by atoms with van der Waals surface area (Å²) in [6.45, 7) is 3.85. The molecule has 0 bridgehead atoms. The first kappa shape index (κ1) is 13.4. The van der Waals surface area contributed by atoms with Gasteiger partial charge in [0.1, 0.15) is 0 Å². The van der Waals surface area contributed by atoms with Crippen molar-refractivity contribution < 1.29 is 0 Å². The molecule has 1 aliphatic carbocycles. The third-order valence-corrected chi connectivity index (χ3v) is 4.67. The van der Waals surface area contributed by atoms with Crippen LogP contribution >= 0.6 is 0 Å². The van der Waals surface area contributed by atoms with Crippen LogP contribution in [0, 0.1) is 5.92 Å². The van der Waals surface area contributed by atoms with E-state index < -0.39 is 0 Å². The zero-order valence-corrected chi connectivity index (χ0v) is 11.6. The third kappa shape index (κ3) is 4.97. The van der Waals surface area contributed by atoms with Gasteiger partial charge >= 0.3 is 0 Å². The first-order valence-electron chi connectivity index (χ1n) is 7.76. The van der Waals surface area contributed by atoms with E-state index in [1.165, 1.54) is 77.4 Å². The van der Waals surface area contributed by atoms with E-state index in [-0.39, 0.29) is 0 Å². The maximum Gasteiger partial charge on any atom is 0.00797 e. The summed E-state index contributed by atoms with van der Waals surface area (Å²) in [5.41, 5.74) is 0. The van der Waals surface area contributed by atoms with Crippen molar-refractivity contribution in [2.24, 2.45) is 5.92 Å². The Balaban J connectivity index is 1.52. The topological polar surface area (TPSA) is 15.3 Å². The lowest BCUT2D eigenvalue weighted by Gasteiger charge is -2.25. The Hall–Kier alpha value is -0.0800. The van der Waals surface area contributed by atoms with E-state index in [0.717, 1.165) is 12.0 Å². The Kier molecular flexibility index (Phi) is 5.79. The molecule has 1 saturated carbocycles. The van der Waals surface area contributed by atoms with E-state index >= 15 is 0 Å². The predicted octanol–water partition coefficient (Wildman–Crippen LogP) is 3.03. The SMILES string of the molecule is CN(CCC1CCCCC1)CCC1CCCN1. The maximum atomic E-state index is 3.59. The van der Waals surface area contributed by atoms with Crippen molar-refractivity contribution in [2.75, 3.05) is 26.7 Å². The van der Waals surface area contributed by atoms with E-state index in [2.05, 4.69) is 17.3 Å². The summed E-state index contributed by atoms with van der Waals surface area (Å²) in [6, 6.07) is 0.812. The molecule has 1 heterocycles. The van der Waals surface area contributed by atoms with Gasteiger partial charge in [0, 0.05) is 6.04 Å². The predicted molar refractivity (Wildman–Crippen MR) is 74.3 cm³/mol. The van der Waals surface area contributed by atoms with Crippen LogP contribution in [0.3, 0.4) is 0 Å². The lowest BCUT2D eigenvalue weighted by molar-refractivity contribution is 0.257. The van der Waals surface area contributed by atoms with Crippen LogP contribution in [0.5, 0.6) is 0 Å². The zero-order valence-electron chi connectivity index (χ0n) is 11.6. The van der Waals surface area contributed by atoms with Gasteiger partial charge in [-0.15, -0.1) is 0 Å². The summed E-state index contributed by atoms with van der Waals surface area (Å²) in [5, 5.41) is 3.59. The molecule has 1 unspecified atom stereocenters. The van der Waals surface area contributed by atoms with Gasteiger partial charge in [-0.1, -0.05) is 32.1 Å². The largest absolute Gasteiger partial charge is 0.314 e. The number of nitrogens with one attached hydrogen (secondary N) is 1.